The van der Waals surface area contributed by atoms with Gasteiger partial charge in [-0.05, 0) is 18.2 Å². The fraction of sp³-hybridized carbons (Fsp3) is 0.500. The first-order chi connectivity index (χ1) is 7.68. The molecule has 0 aromatic heterocycles. The van der Waals surface area contributed by atoms with Gasteiger partial charge in [0, 0.05) is 40.3 Å². The molecule has 3 nitrogen and oxygen atoms in total. The van der Waals surface area contributed by atoms with Gasteiger partial charge in [-0.15, -0.1) is 0 Å². The van der Waals surface area contributed by atoms with Crippen LogP contribution in [-0.4, -0.2) is 40.3 Å². The highest BCUT2D eigenvalue weighted by molar-refractivity contribution is 5.71. The molecule has 1 aliphatic rings. The highest BCUT2D eigenvalue weighted by Crippen LogP contribution is 2.29. The lowest BCUT2D eigenvalue weighted by Gasteiger charge is -2.32. The molecule has 0 spiro atoms. The number of halogens is 1. The summed E-state index contributed by atoms with van der Waals surface area (Å²) >= 11 is 0. The number of benzene rings is 1. The largest absolute Gasteiger partial charge is 0.376 e. The minimum Gasteiger partial charge on any atom is -0.376 e. The molecule has 0 radical (unpaired) electrons. The first-order valence-electron chi connectivity index (χ1n) is 5.61. The van der Waals surface area contributed by atoms with Crippen molar-refractivity contribution >= 4 is 11.4 Å². The van der Waals surface area contributed by atoms with E-state index in [9.17, 15) is 4.39 Å². The summed E-state index contributed by atoms with van der Waals surface area (Å²) in [6.07, 6.45) is 0. The van der Waals surface area contributed by atoms with E-state index in [0.717, 1.165) is 37.6 Å². The Morgan fingerprint density at radius 1 is 1.25 bits per heavy atom. The Hall–Kier alpha value is -1.29. The quantitative estimate of drug-likeness (QED) is 0.815. The molecule has 1 aliphatic heterocycles. The van der Waals surface area contributed by atoms with E-state index in [0.29, 0.717) is 0 Å². The lowest BCUT2D eigenvalue weighted by atomic mass is 10.2. The third-order valence-corrected chi connectivity index (χ3v) is 2.88. The van der Waals surface area contributed by atoms with Crippen LogP contribution in [0.2, 0.25) is 0 Å². The van der Waals surface area contributed by atoms with Gasteiger partial charge in [0.05, 0.1) is 11.4 Å². The minimum absolute atomic E-state index is 0.178. The van der Waals surface area contributed by atoms with Crippen LogP contribution in [0.5, 0.6) is 0 Å². The zero-order valence-corrected chi connectivity index (χ0v) is 9.83. The molecule has 0 saturated carbocycles. The number of hydrogen-bond donors (Lipinski definition) is 1. The average Bonchev–Trinajstić information content (AvgIpc) is 2.30. The molecule has 1 N–H and O–H groups in total. The van der Waals surface area contributed by atoms with E-state index in [4.69, 9.17) is 0 Å². The summed E-state index contributed by atoms with van der Waals surface area (Å²) in [5.41, 5.74) is 2.06. The van der Waals surface area contributed by atoms with Crippen molar-refractivity contribution in [2.75, 3.05) is 50.1 Å². The van der Waals surface area contributed by atoms with Crippen molar-refractivity contribution in [1.29, 1.82) is 0 Å². The summed E-state index contributed by atoms with van der Waals surface area (Å²) < 4.78 is 13.2. The lowest BCUT2D eigenvalue weighted by molar-refractivity contribution is 0.587. The predicted octanol–water partition coefficient (Wildman–Crippen LogP) is 1.30. The number of piperazine rings is 1. The number of anilines is 2. The second kappa shape index (κ2) is 4.70. The Morgan fingerprint density at radius 3 is 2.56 bits per heavy atom. The van der Waals surface area contributed by atoms with Crippen LogP contribution < -0.4 is 15.1 Å². The molecule has 1 heterocycles. The van der Waals surface area contributed by atoms with Crippen molar-refractivity contribution in [3.8, 4) is 0 Å². The summed E-state index contributed by atoms with van der Waals surface area (Å²) in [6.45, 7) is 3.94. The monoisotopic (exact) mass is 223 g/mol. The van der Waals surface area contributed by atoms with Crippen LogP contribution in [0, 0.1) is 5.82 Å². The van der Waals surface area contributed by atoms with Gasteiger partial charge in [-0.25, -0.2) is 4.39 Å². The second-order valence-electron chi connectivity index (χ2n) is 4.26. The highest BCUT2D eigenvalue weighted by atomic mass is 19.1. The maximum absolute atomic E-state index is 13.2. The molecular formula is C12H18FN3. The zero-order valence-electron chi connectivity index (χ0n) is 9.83. The summed E-state index contributed by atoms with van der Waals surface area (Å²) in [5, 5.41) is 3.32. The van der Waals surface area contributed by atoms with Gasteiger partial charge in [-0.2, -0.15) is 0 Å². The van der Waals surface area contributed by atoms with E-state index in [2.05, 4.69) is 10.2 Å². The molecule has 1 aromatic carbocycles. The van der Waals surface area contributed by atoms with Crippen molar-refractivity contribution < 1.29 is 4.39 Å². The van der Waals surface area contributed by atoms with Crippen LogP contribution in [0.1, 0.15) is 0 Å². The van der Waals surface area contributed by atoms with Crippen LogP contribution in [0.4, 0.5) is 15.8 Å². The third-order valence-electron chi connectivity index (χ3n) is 2.88. The topological polar surface area (TPSA) is 18.5 Å². The standard InChI is InChI=1S/C12H18FN3/c1-15(2)12-9-10(13)3-4-11(12)16-7-5-14-6-8-16/h3-4,9,14H,5-8H2,1-2H3. The molecule has 88 valence electrons. The van der Waals surface area contributed by atoms with Crippen molar-refractivity contribution in [2.24, 2.45) is 0 Å². The van der Waals surface area contributed by atoms with Crippen LogP contribution in [-0.2, 0) is 0 Å². The van der Waals surface area contributed by atoms with Gasteiger partial charge in [-0.1, -0.05) is 0 Å². The van der Waals surface area contributed by atoms with Crippen LogP contribution in [0.25, 0.3) is 0 Å². The second-order valence-corrected chi connectivity index (χ2v) is 4.26. The van der Waals surface area contributed by atoms with Gasteiger partial charge in [0.2, 0.25) is 0 Å². The Balaban J connectivity index is 2.31. The van der Waals surface area contributed by atoms with E-state index in [1.807, 2.05) is 25.1 Å². The summed E-state index contributed by atoms with van der Waals surface area (Å²) in [4.78, 5) is 4.26. The van der Waals surface area contributed by atoms with E-state index in [1.54, 1.807) is 6.07 Å². The SMILES string of the molecule is CN(C)c1cc(F)ccc1N1CCNCC1. The van der Waals surface area contributed by atoms with E-state index in [-0.39, 0.29) is 5.82 Å². The molecule has 0 bridgehead atoms. The molecule has 0 aliphatic carbocycles. The molecule has 0 unspecified atom stereocenters. The van der Waals surface area contributed by atoms with Crippen molar-refractivity contribution in [3.05, 3.63) is 24.0 Å². The molecule has 1 fully saturated rings. The third kappa shape index (κ3) is 2.27. The molecule has 1 aromatic rings. The summed E-state index contributed by atoms with van der Waals surface area (Å²) in [7, 11) is 3.89. The average molecular weight is 223 g/mol. The zero-order chi connectivity index (χ0) is 11.5. The predicted molar refractivity (Wildman–Crippen MR) is 65.8 cm³/mol. The van der Waals surface area contributed by atoms with Gasteiger partial charge < -0.3 is 15.1 Å². The molecule has 0 atom stereocenters. The minimum atomic E-state index is -0.178. The Morgan fingerprint density at radius 2 is 1.94 bits per heavy atom. The Kier molecular flexibility index (Phi) is 3.29. The van der Waals surface area contributed by atoms with Crippen molar-refractivity contribution in [2.45, 2.75) is 0 Å². The van der Waals surface area contributed by atoms with Crippen LogP contribution in [0.3, 0.4) is 0 Å². The Labute approximate surface area is 95.9 Å². The molecule has 4 heteroatoms. The number of rotatable bonds is 2. The lowest BCUT2D eigenvalue weighted by Crippen LogP contribution is -2.44. The van der Waals surface area contributed by atoms with Gasteiger partial charge >= 0.3 is 0 Å². The fourth-order valence-corrected chi connectivity index (χ4v) is 2.03. The number of hydrogen-bond acceptors (Lipinski definition) is 3. The van der Waals surface area contributed by atoms with Gasteiger partial charge in [0.25, 0.3) is 0 Å². The Bertz CT molecular complexity index is 359. The normalized spacial score (nSPS) is 16.3. The van der Waals surface area contributed by atoms with Crippen LogP contribution >= 0.6 is 0 Å². The summed E-state index contributed by atoms with van der Waals surface area (Å²) in [5.74, 6) is -0.178. The van der Waals surface area contributed by atoms with E-state index < -0.39 is 0 Å². The number of nitrogens with one attached hydrogen (secondary N) is 1. The summed E-state index contributed by atoms with van der Waals surface area (Å²) in [6, 6.07) is 5.00. The maximum Gasteiger partial charge on any atom is 0.125 e. The first-order valence-corrected chi connectivity index (χ1v) is 5.61. The smallest absolute Gasteiger partial charge is 0.125 e. The van der Waals surface area contributed by atoms with Gasteiger partial charge in [-0.3, -0.25) is 0 Å². The first kappa shape index (κ1) is 11.2. The van der Waals surface area contributed by atoms with Crippen molar-refractivity contribution in [3.63, 3.8) is 0 Å². The van der Waals surface area contributed by atoms with Crippen molar-refractivity contribution in [1.82, 2.24) is 5.32 Å². The molecule has 1 saturated heterocycles. The molecule has 0 amide bonds. The number of nitrogens with zero attached hydrogens (tertiary/aromatic N) is 2. The molecule has 16 heavy (non-hydrogen) atoms. The molecule has 2 rings (SSSR count). The van der Waals surface area contributed by atoms with Gasteiger partial charge in [0.15, 0.2) is 0 Å². The highest BCUT2D eigenvalue weighted by Gasteiger charge is 2.15. The van der Waals surface area contributed by atoms with Gasteiger partial charge in [0.1, 0.15) is 5.82 Å². The van der Waals surface area contributed by atoms with E-state index in [1.165, 1.54) is 6.07 Å². The maximum atomic E-state index is 13.2. The van der Waals surface area contributed by atoms with E-state index >= 15 is 0 Å². The fourth-order valence-electron chi connectivity index (χ4n) is 2.03. The molecular weight excluding hydrogens is 205 g/mol. The van der Waals surface area contributed by atoms with Crippen LogP contribution in [0.15, 0.2) is 18.2 Å².